The van der Waals surface area contributed by atoms with Crippen molar-refractivity contribution in [1.29, 1.82) is 0 Å². The van der Waals surface area contributed by atoms with Gasteiger partial charge in [0.15, 0.2) is 11.1 Å². The summed E-state index contributed by atoms with van der Waals surface area (Å²) in [7, 11) is 0. The molecule has 3 N–H and O–H groups in total. The SMILES string of the molecule is C[C@@H]1CC/C=C(/c2coc(-c3cc(Cl)ccc3-n3cc(C(N)=O)nn3)cc2=O)c2cc(ccn2)-c2c(cnn2C(F)F)NC1=O. The van der Waals surface area contributed by atoms with Gasteiger partial charge < -0.3 is 15.5 Å². The molecule has 4 aromatic heterocycles. The van der Waals surface area contributed by atoms with E-state index in [2.05, 4.69) is 25.7 Å². The van der Waals surface area contributed by atoms with Crippen molar-refractivity contribution in [2.45, 2.75) is 26.3 Å². The molecule has 1 aromatic carbocycles. The molecule has 1 atom stereocenters. The molecule has 0 unspecified atom stereocenters. The molecular weight excluding hydrogens is 610 g/mol. The summed E-state index contributed by atoms with van der Waals surface area (Å²) in [6.45, 7) is -1.25. The smallest absolute Gasteiger partial charge is 0.333 e. The van der Waals surface area contributed by atoms with Crippen LogP contribution in [-0.2, 0) is 4.79 Å². The molecule has 0 radical (unpaired) electrons. The van der Waals surface area contributed by atoms with Gasteiger partial charge >= 0.3 is 6.55 Å². The summed E-state index contributed by atoms with van der Waals surface area (Å²) in [5.41, 5.74) is 6.91. The Bertz CT molecular complexity index is 2050. The molecule has 45 heavy (non-hydrogen) atoms. The first-order valence-corrected chi connectivity index (χ1v) is 14.0. The zero-order chi connectivity index (χ0) is 31.8. The second-order valence-electron chi connectivity index (χ2n) is 10.2. The fraction of sp³-hybridized carbons (Fsp3) is 0.167. The number of fused-ring (bicyclic) bond motifs is 4. The number of nitrogens with one attached hydrogen (secondary N) is 1. The number of carbonyl (C=O) groups is 2. The van der Waals surface area contributed by atoms with Crippen LogP contribution in [0.5, 0.6) is 0 Å². The van der Waals surface area contributed by atoms with Gasteiger partial charge in [-0.3, -0.25) is 19.4 Å². The molecule has 0 fully saturated rings. The van der Waals surface area contributed by atoms with Gasteiger partial charge in [-0.05, 0) is 43.2 Å². The van der Waals surface area contributed by atoms with Crippen molar-refractivity contribution in [3.05, 3.63) is 99.5 Å². The molecule has 15 heteroatoms. The number of nitrogens with two attached hydrogens (primary N) is 1. The van der Waals surface area contributed by atoms with Gasteiger partial charge in [-0.1, -0.05) is 29.8 Å². The molecule has 2 bridgehead atoms. The molecule has 1 aliphatic rings. The Kier molecular flexibility index (Phi) is 7.81. The number of carbonyl (C=O) groups excluding carboxylic acids is 2. The summed E-state index contributed by atoms with van der Waals surface area (Å²) in [5.74, 6) is -1.46. The number of aromatic nitrogens is 6. The van der Waals surface area contributed by atoms with Crippen molar-refractivity contribution in [2.75, 3.05) is 5.32 Å². The molecule has 0 saturated carbocycles. The van der Waals surface area contributed by atoms with E-state index in [1.807, 2.05) is 0 Å². The molecule has 12 nitrogen and oxygen atoms in total. The number of benzene rings is 1. The summed E-state index contributed by atoms with van der Waals surface area (Å²) >= 11 is 6.27. The summed E-state index contributed by atoms with van der Waals surface area (Å²) in [6.07, 6.45) is 7.77. The van der Waals surface area contributed by atoms with E-state index in [9.17, 15) is 23.2 Å². The average molecular weight is 633 g/mol. The van der Waals surface area contributed by atoms with E-state index in [1.165, 1.54) is 41.7 Å². The molecule has 6 rings (SSSR count). The highest BCUT2D eigenvalue weighted by atomic mass is 35.5. The minimum absolute atomic E-state index is 0.00223. The zero-order valence-corrected chi connectivity index (χ0v) is 24.2. The number of primary amides is 1. The van der Waals surface area contributed by atoms with Crippen LogP contribution in [0, 0.1) is 5.92 Å². The third-order valence-corrected chi connectivity index (χ3v) is 7.52. The van der Waals surface area contributed by atoms with Crippen LogP contribution < -0.4 is 16.5 Å². The maximum absolute atomic E-state index is 13.9. The van der Waals surface area contributed by atoms with E-state index in [-0.39, 0.29) is 34.3 Å². The molecule has 2 amide bonds. The average Bonchev–Trinajstić information content (AvgIpc) is 3.67. The number of amides is 2. The molecule has 228 valence electrons. The summed E-state index contributed by atoms with van der Waals surface area (Å²) in [5, 5.41) is 14.5. The normalized spacial score (nSPS) is 16.2. The van der Waals surface area contributed by atoms with Gasteiger partial charge in [-0.25, -0.2) is 9.36 Å². The highest BCUT2D eigenvalue weighted by Crippen LogP contribution is 2.35. The second-order valence-corrected chi connectivity index (χ2v) is 10.7. The Morgan fingerprint density at radius 1 is 1.18 bits per heavy atom. The van der Waals surface area contributed by atoms with Gasteiger partial charge in [0.05, 0.1) is 40.7 Å². The minimum atomic E-state index is -2.97. The highest BCUT2D eigenvalue weighted by Gasteiger charge is 2.24. The minimum Gasteiger partial charge on any atom is -0.463 e. The van der Waals surface area contributed by atoms with E-state index in [0.717, 1.165) is 0 Å². The zero-order valence-electron chi connectivity index (χ0n) is 23.4. The summed E-state index contributed by atoms with van der Waals surface area (Å²) in [6, 6.07) is 9.12. The fourth-order valence-corrected chi connectivity index (χ4v) is 5.15. The van der Waals surface area contributed by atoms with E-state index >= 15 is 0 Å². The number of alkyl halides is 2. The largest absolute Gasteiger partial charge is 0.463 e. The number of hydrogen-bond donors (Lipinski definition) is 2. The van der Waals surface area contributed by atoms with E-state index in [4.69, 9.17) is 21.8 Å². The van der Waals surface area contributed by atoms with Crippen LogP contribution in [-0.4, -0.2) is 41.6 Å². The molecule has 0 saturated heterocycles. The molecule has 0 aliphatic carbocycles. The number of rotatable bonds is 5. The maximum Gasteiger partial charge on any atom is 0.333 e. The van der Waals surface area contributed by atoms with Gasteiger partial charge in [0.2, 0.25) is 5.91 Å². The Balaban J connectivity index is 1.46. The number of pyridine rings is 1. The van der Waals surface area contributed by atoms with Crippen LogP contribution in [0.15, 0.2) is 76.5 Å². The molecule has 0 spiro atoms. The first-order chi connectivity index (χ1) is 21.6. The van der Waals surface area contributed by atoms with E-state index < -0.39 is 23.8 Å². The Morgan fingerprint density at radius 2 is 2.00 bits per heavy atom. The number of hydrogen-bond acceptors (Lipinski definition) is 8. The third-order valence-electron chi connectivity index (χ3n) is 7.28. The van der Waals surface area contributed by atoms with Gasteiger partial charge in [0, 0.05) is 39.9 Å². The topological polar surface area (TPSA) is 164 Å². The molecule has 1 aliphatic heterocycles. The predicted molar refractivity (Wildman–Crippen MR) is 160 cm³/mol. The monoisotopic (exact) mass is 632 g/mol. The molecule has 5 aromatic rings. The quantitative estimate of drug-likeness (QED) is 0.270. The fourth-order valence-electron chi connectivity index (χ4n) is 4.98. The lowest BCUT2D eigenvalue weighted by Crippen LogP contribution is -2.21. The van der Waals surface area contributed by atoms with Crippen LogP contribution in [0.3, 0.4) is 0 Å². The number of nitrogens with zero attached hydrogens (tertiary/aromatic N) is 6. The standard InChI is InChI=1S/C30H23ClF2N8O4/c1-15-3-2-4-18(21-9-16(7-8-35-21)27-22(37-29(15)44)12-36-41(27)30(32)33)20-14-45-26(11-25(20)42)19-10-17(31)5-6-24(19)40-13-23(28(34)43)38-39-40/h4-15,30H,2-3H2,1H3,(H2,34,43)(H,37,44)/b18-4-/t15-/m1/s1. The number of anilines is 1. The van der Waals surface area contributed by atoms with Crippen LogP contribution >= 0.6 is 11.6 Å². The van der Waals surface area contributed by atoms with Crippen LogP contribution in [0.4, 0.5) is 14.5 Å². The lowest BCUT2D eigenvalue weighted by Gasteiger charge is -2.16. The van der Waals surface area contributed by atoms with E-state index in [0.29, 0.717) is 50.6 Å². The Morgan fingerprint density at radius 3 is 2.73 bits per heavy atom. The predicted octanol–water partition coefficient (Wildman–Crippen LogP) is 5.09. The van der Waals surface area contributed by atoms with Crippen molar-refractivity contribution in [2.24, 2.45) is 11.7 Å². The molecule has 5 heterocycles. The van der Waals surface area contributed by atoms with Crippen molar-refractivity contribution in [1.82, 2.24) is 29.8 Å². The van der Waals surface area contributed by atoms with Gasteiger partial charge in [-0.2, -0.15) is 13.9 Å². The molecular formula is C30H23ClF2N8O4. The van der Waals surface area contributed by atoms with Crippen LogP contribution in [0.25, 0.3) is 33.8 Å². The second kappa shape index (κ2) is 11.9. The first kappa shape index (κ1) is 29.6. The van der Waals surface area contributed by atoms with Crippen LogP contribution in [0.1, 0.15) is 48.1 Å². The van der Waals surface area contributed by atoms with Crippen molar-refractivity contribution in [3.63, 3.8) is 0 Å². The van der Waals surface area contributed by atoms with Crippen molar-refractivity contribution >= 4 is 34.7 Å². The summed E-state index contributed by atoms with van der Waals surface area (Å²) in [4.78, 5) is 42.6. The Labute approximate surface area is 258 Å². The van der Waals surface area contributed by atoms with Gasteiger partial charge in [0.1, 0.15) is 12.0 Å². The van der Waals surface area contributed by atoms with E-state index in [1.54, 1.807) is 37.3 Å². The first-order valence-electron chi connectivity index (χ1n) is 13.6. The Hall–Kier alpha value is -5.50. The number of halogens is 3. The highest BCUT2D eigenvalue weighted by molar-refractivity contribution is 6.31. The lowest BCUT2D eigenvalue weighted by molar-refractivity contribution is -0.119. The van der Waals surface area contributed by atoms with Crippen molar-refractivity contribution < 1.29 is 22.8 Å². The van der Waals surface area contributed by atoms with Gasteiger partial charge in [0.25, 0.3) is 5.91 Å². The van der Waals surface area contributed by atoms with Gasteiger partial charge in [-0.15, -0.1) is 5.10 Å². The third kappa shape index (κ3) is 5.74. The lowest BCUT2D eigenvalue weighted by atomic mass is 9.96. The maximum atomic E-state index is 13.9. The van der Waals surface area contributed by atoms with Crippen LogP contribution in [0.2, 0.25) is 5.02 Å². The number of allylic oxidation sites excluding steroid dienone is 1. The summed E-state index contributed by atoms with van der Waals surface area (Å²) < 4.78 is 35.6. The van der Waals surface area contributed by atoms with Crippen molar-refractivity contribution in [3.8, 4) is 28.3 Å².